The van der Waals surface area contributed by atoms with Crippen LogP contribution in [0.5, 0.6) is 0 Å². The number of rotatable bonds is 5. The highest BCUT2D eigenvalue weighted by Crippen LogP contribution is 2.39. The van der Waals surface area contributed by atoms with E-state index < -0.39 is 5.60 Å². The van der Waals surface area contributed by atoms with E-state index in [9.17, 15) is 9.90 Å². The van der Waals surface area contributed by atoms with E-state index in [1.807, 2.05) is 0 Å². The molecule has 3 rings (SSSR count). The number of carbonyl (C=O) groups excluding carboxylic acids is 1. The van der Waals surface area contributed by atoms with Gasteiger partial charge in [-0.1, -0.05) is 5.16 Å². The highest BCUT2D eigenvalue weighted by atomic mass is 16.5. The lowest BCUT2D eigenvalue weighted by molar-refractivity contribution is -0.136. The van der Waals surface area contributed by atoms with E-state index >= 15 is 0 Å². The molecule has 122 valence electrons. The molecule has 1 saturated carbocycles. The third-order valence-corrected chi connectivity index (χ3v) is 4.39. The molecule has 0 spiro atoms. The largest absolute Gasteiger partial charge is 0.388 e. The summed E-state index contributed by atoms with van der Waals surface area (Å²) >= 11 is 0. The average molecular weight is 308 g/mol. The zero-order valence-corrected chi connectivity index (χ0v) is 13.3. The molecule has 1 amide bonds. The molecule has 1 saturated heterocycles. The summed E-state index contributed by atoms with van der Waals surface area (Å²) in [7, 11) is 3.43. The molecule has 1 aromatic rings. The van der Waals surface area contributed by atoms with Crippen LogP contribution in [0.15, 0.2) is 4.52 Å². The van der Waals surface area contributed by atoms with Gasteiger partial charge in [-0.15, -0.1) is 0 Å². The topological polar surface area (TPSA) is 82.7 Å². The van der Waals surface area contributed by atoms with Gasteiger partial charge in [0.25, 0.3) is 0 Å². The van der Waals surface area contributed by atoms with Gasteiger partial charge < -0.3 is 14.5 Å². The first-order valence-electron chi connectivity index (χ1n) is 7.92. The van der Waals surface area contributed by atoms with E-state index in [4.69, 9.17) is 4.52 Å². The lowest BCUT2D eigenvalue weighted by Crippen LogP contribution is -2.50. The van der Waals surface area contributed by atoms with Gasteiger partial charge in [0.1, 0.15) is 0 Å². The van der Waals surface area contributed by atoms with Crippen LogP contribution >= 0.6 is 0 Å². The molecular formula is C15H24N4O3. The third-order valence-electron chi connectivity index (χ3n) is 4.39. The second-order valence-electron chi connectivity index (χ2n) is 6.83. The summed E-state index contributed by atoms with van der Waals surface area (Å²) in [5.41, 5.74) is -0.956. The number of amides is 1. The van der Waals surface area contributed by atoms with Crippen LogP contribution < -0.4 is 0 Å². The van der Waals surface area contributed by atoms with Gasteiger partial charge in [-0.3, -0.25) is 9.69 Å². The Morgan fingerprint density at radius 3 is 2.95 bits per heavy atom. The van der Waals surface area contributed by atoms with Gasteiger partial charge in [0.2, 0.25) is 11.8 Å². The first-order chi connectivity index (χ1) is 10.5. The van der Waals surface area contributed by atoms with E-state index in [0.29, 0.717) is 31.3 Å². The molecule has 7 heteroatoms. The molecule has 1 N–H and O–H groups in total. The Balaban J connectivity index is 1.58. The van der Waals surface area contributed by atoms with E-state index in [0.717, 1.165) is 31.7 Å². The Hall–Kier alpha value is -1.47. The molecule has 1 aliphatic carbocycles. The Morgan fingerprint density at radius 1 is 1.50 bits per heavy atom. The highest BCUT2D eigenvalue weighted by molar-refractivity contribution is 5.76. The van der Waals surface area contributed by atoms with Crippen molar-refractivity contribution in [3.8, 4) is 0 Å². The van der Waals surface area contributed by atoms with Crippen molar-refractivity contribution in [2.24, 2.45) is 0 Å². The lowest BCUT2D eigenvalue weighted by Gasteiger charge is -2.38. The predicted molar refractivity (Wildman–Crippen MR) is 79.0 cm³/mol. The maximum Gasteiger partial charge on any atom is 0.229 e. The van der Waals surface area contributed by atoms with Crippen LogP contribution in [0.3, 0.4) is 0 Å². The zero-order valence-electron chi connectivity index (χ0n) is 13.3. The first kappa shape index (κ1) is 15.4. The van der Waals surface area contributed by atoms with Crippen LogP contribution in [-0.2, 0) is 11.3 Å². The molecule has 1 atom stereocenters. The molecule has 0 bridgehead atoms. The van der Waals surface area contributed by atoms with Gasteiger partial charge in [-0.2, -0.15) is 4.98 Å². The van der Waals surface area contributed by atoms with Crippen molar-refractivity contribution >= 4 is 5.91 Å². The van der Waals surface area contributed by atoms with E-state index in [-0.39, 0.29) is 12.3 Å². The smallest absolute Gasteiger partial charge is 0.229 e. The van der Waals surface area contributed by atoms with Gasteiger partial charge in [0.05, 0.1) is 18.6 Å². The van der Waals surface area contributed by atoms with Crippen molar-refractivity contribution in [1.29, 1.82) is 0 Å². The Kier molecular flexibility index (Phi) is 4.18. The number of hydrogen-bond acceptors (Lipinski definition) is 6. The van der Waals surface area contributed by atoms with Crippen molar-refractivity contribution in [3.05, 3.63) is 11.7 Å². The maximum absolute atomic E-state index is 11.9. The van der Waals surface area contributed by atoms with E-state index in [1.165, 1.54) is 4.90 Å². The van der Waals surface area contributed by atoms with Crippen LogP contribution in [0.2, 0.25) is 0 Å². The van der Waals surface area contributed by atoms with Crippen LogP contribution in [-0.4, -0.2) is 63.7 Å². The fourth-order valence-electron chi connectivity index (χ4n) is 2.95. The Bertz CT molecular complexity index is 541. The van der Waals surface area contributed by atoms with Gasteiger partial charge in [0.15, 0.2) is 5.82 Å². The SMILES string of the molecule is CN(C)C(=O)CC1(O)CCCN(Cc2noc(C3CC3)n2)C1. The van der Waals surface area contributed by atoms with E-state index in [1.54, 1.807) is 14.1 Å². The number of carbonyl (C=O) groups is 1. The van der Waals surface area contributed by atoms with Crippen LogP contribution in [0.4, 0.5) is 0 Å². The number of aromatic nitrogens is 2. The first-order valence-corrected chi connectivity index (χ1v) is 7.92. The summed E-state index contributed by atoms with van der Waals surface area (Å²) in [5, 5.41) is 14.7. The minimum Gasteiger partial charge on any atom is -0.388 e. The van der Waals surface area contributed by atoms with Gasteiger partial charge in [-0.05, 0) is 32.2 Å². The Morgan fingerprint density at radius 2 is 2.27 bits per heavy atom. The number of piperidine rings is 1. The molecule has 2 fully saturated rings. The lowest BCUT2D eigenvalue weighted by atomic mass is 9.89. The minimum atomic E-state index is -0.956. The summed E-state index contributed by atoms with van der Waals surface area (Å²) in [5.74, 6) is 1.83. The average Bonchev–Trinajstić information content (AvgIpc) is 3.19. The zero-order chi connectivity index (χ0) is 15.7. The van der Waals surface area contributed by atoms with Crippen molar-refractivity contribution in [2.75, 3.05) is 27.2 Å². The molecule has 7 nitrogen and oxygen atoms in total. The molecule has 2 aliphatic rings. The van der Waals surface area contributed by atoms with Crippen molar-refractivity contribution in [2.45, 2.75) is 50.2 Å². The van der Waals surface area contributed by atoms with Crippen LogP contribution in [0.25, 0.3) is 0 Å². The summed E-state index contributed by atoms with van der Waals surface area (Å²) in [6.07, 6.45) is 3.96. The predicted octanol–water partition coefficient (Wildman–Crippen LogP) is 0.752. The highest BCUT2D eigenvalue weighted by Gasteiger charge is 2.36. The normalized spacial score (nSPS) is 26.1. The number of β-amino-alcohol motifs (C(OH)–C–C–N with tert-alkyl or cyclic N) is 1. The molecule has 2 heterocycles. The summed E-state index contributed by atoms with van der Waals surface area (Å²) in [4.78, 5) is 19.9. The molecule has 0 aromatic carbocycles. The van der Waals surface area contributed by atoms with Gasteiger partial charge in [-0.25, -0.2) is 0 Å². The molecule has 22 heavy (non-hydrogen) atoms. The standard InChI is InChI=1S/C15H24N4O3/c1-18(2)13(20)8-15(21)6-3-7-19(10-15)9-12-16-14(22-17-12)11-4-5-11/h11,21H,3-10H2,1-2H3. The van der Waals surface area contributed by atoms with Gasteiger partial charge in [0, 0.05) is 26.6 Å². The monoisotopic (exact) mass is 308 g/mol. The van der Waals surface area contributed by atoms with Crippen molar-refractivity contribution in [3.63, 3.8) is 0 Å². The molecule has 1 unspecified atom stereocenters. The van der Waals surface area contributed by atoms with Crippen LogP contribution in [0.1, 0.15) is 49.7 Å². The molecule has 1 aliphatic heterocycles. The summed E-state index contributed by atoms with van der Waals surface area (Å²) < 4.78 is 5.27. The summed E-state index contributed by atoms with van der Waals surface area (Å²) in [6, 6.07) is 0. The second kappa shape index (κ2) is 5.96. The third kappa shape index (κ3) is 3.64. The van der Waals surface area contributed by atoms with Gasteiger partial charge >= 0.3 is 0 Å². The number of aliphatic hydroxyl groups is 1. The minimum absolute atomic E-state index is 0.0417. The molecule has 1 aromatic heterocycles. The van der Waals surface area contributed by atoms with Crippen molar-refractivity contribution in [1.82, 2.24) is 19.9 Å². The summed E-state index contributed by atoms with van der Waals surface area (Å²) in [6.45, 7) is 1.92. The quantitative estimate of drug-likeness (QED) is 0.864. The van der Waals surface area contributed by atoms with Crippen LogP contribution in [0, 0.1) is 0 Å². The molecular weight excluding hydrogens is 284 g/mol. The van der Waals surface area contributed by atoms with E-state index in [2.05, 4.69) is 15.0 Å². The maximum atomic E-state index is 11.9. The number of nitrogens with zero attached hydrogens (tertiary/aromatic N) is 4. The molecule has 0 radical (unpaired) electrons. The fraction of sp³-hybridized carbons (Fsp3) is 0.800. The van der Waals surface area contributed by atoms with Crippen molar-refractivity contribution < 1.29 is 14.4 Å². The second-order valence-corrected chi connectivity index (χ2v) is 6.83. The number of likely N-dealkylation sites (tertiary alicyclic amines) is 1. The Labute approximate surface area is 130 Å². The fourth-order valence-corrected chi connectivity index (χ4v) is 2.95. The number of hydrogen-bond donors (Lipinski definition) is 1.